The Labute approximate surface area is 145 Å². The van der Waals surface area contributed by atoms with Gasteiger partial charge in [-0.25, -0.2) is 4.79 Å². The Morgan fingerprint density at radius 3 is 2.79 bits per heavy atom. The van der Waals surface area contributed by atoms with Gasteiger partial charge in [-0.05, 0) is 35.5 Å². The number of benzene rings is 2. The third-order valence-corrected chi connectivity index (χ3v) is 3.81. The first-order valence-electron chi connectivity index (χ1n) is 6.87. The fourth-order valence-corrected chi connectivity index (χ4v) is 2.65. The Bertz CT molecular complexity index is 868. The van der Waals surface area contributed by atoms with E-state index in [0.717, 1.165) is 4.47 Å². The van der Waals surface area contributed by atoms with Crippen LogP contribution in [0.15, 0.2) is 46.9 Å². The number of H-pyrrole nitrogens is 1. The molecule has 0 radical (unpaired) electrons. The number of carbonyl (C=O) groups excluding carboxylic acids is 1. The highest BCUT2D eigenvalue weighted by molar-refractivity contribution is 9.10. The third-order valence-electron chi connectivity index (χ3n) is 3.32. The molecule has 0 unspecified atom stereocenters. The lowest BCUT2D eigenvalue weighted by atomic mass is 10.1. The zero-order valence-corrected chi connectivity index (χ0v) is 14.2. The van der Waals surface area contributed by atoms with Crippen LogP contribution in [0.2, 0.25) is 0 Å². The number of aromatic amines is 1. The van der Waals surface area contributed by atoms with Crippen LogP contribution in [0.3, 0.4) is 0 Å². The second-order valence-corrected chi connectivity index (χ2v) is 5.69. The van der Waals surface area contributed by atoms with Crippen LogP contribution in [-0.2, 0) is 0 Å². The molecular weight excluding hydrogens is 376 g/mol. The average Bonchev–Trinajstić information content (AvgIpc) is 3.10. The molecule has 2 aromatic carbocycles. The van der Waals surface area contributed by atoms with Crippen molar-refractivity contribution in [3.05, 3.63) is 46.9 Å². The van der Waals surface area contributed by atoms with E-state index < -0.39 is 6.03 Å². The van der Waals surface area contributed by atoms with Crippen molar-refractivity contribution >= 4 is 33.3 Å². The van der Waals surface area contributed by atoms with Gasteiger partial charge >= 0.3 is 6.03 Å². The lowest BCUT2D eigenvalue weighted by Gasteiger charge is -2.23. The molecule has 3 aromatic rings. The first-order chi connectivity index (χ1) is 11.6. The SMILES string of the molecule is COc1cccc(N(C(N)=O)c2ccc(Br)cc2-c2nn[nH]n2)c1. The largest absolute Gasteiger partial charge is 0.497 e. The Balaban J connectivity index is 2.18. The number of hydrogen-bond acceptors (Lipinski definition) is 5. The maximum absolute atomic E-state index is 12.1. The molecule has 122 valence electrons. The highest BCUT2D eigenvalue weighted by Crippen LogP contribution is 2.36. The number of primary amides is 1. The highest BCUT2D eigenvalue weighted by Gasteiger charge is 2.21. The molecule has 0 atom stereocenters. The number of rotatable bonds is 4. The molecule has 24 heavy (non-hydrogen) atoms. The van der Waals surface area contributed by atoms with Crippen LogP contribution >= 0.6 is 15.9 Å². The van der Waals surface area contributed by atoms with Crippen molar-refractivity contribution in [3.63, 3.8) is 0 Å². The van der Waals surface area contributed by atoms with E-state index in [1.165, 1.54) is 4.90 Å². The number of hydrogen-bond donors (Lipinski definition) is 2. The van der Waals surface area contributed by atoms with E-state index in [4.69, 9.17) is 10.5 Å². The predicted molar refractivity (Wildman–Crippen MR) is 92.0 cm³/mol. The summed E-state index contributed by atoms with van der Waals surface area (Å²) in [6.45, 7) is 0. The summed E-state index contributed by atoms with van der Waals surface area (Å²) in [4.78, 5) is 13.5. The number of methoxy groups -OCH3 is 1. The fraction of sp³-hybridized carbons (Fsp3) is 0.0667. The van der Waals surface area contributed by atoms with Gasteiger partial charge in [0.1, 0.15) is 5.75 Å². The number of nitrogens with two attached hydrogens (primary N) is 1. The molecule has 8 nitrogen and oxygen atoms in total. The molecule has 0 aliphatic carbocycles. The lowest BCUT2D eigenvalue weighted by molar-refractivity contribution is 0.256. The minimum Gasteiger partial charge on any atom is -0.497 e. The standard InChI is InChI=1S/C15H13BrN6O2/c1-24-11-4-2-3-10(8-11)22(15(17)23)13-6-5-9(16)7-12(13)14-18-20-21-19-14/h2-8H,1H3,(H2,17,23)(H,18,19,20,21). The number of ether oxygens (including phenoxy) is 1. The maximum Gasteiger partial charge on any atom is 0.323 e. The second-order valence-electron chi connectivity index (χ2n) is 4.77. The monoisotopic (exact) mass is 388 g/mol. The molecule has 0 spiro atoms. The Kier molecular flexibility index (Phi) is 4.43. The number of nitrogens with one attached hydrogen (secondary N) is 1. The van der Waals surface area contributed by atoms with Crippen molar-refractivity contribution in [2.24, 2.45) is 5.73 Å². The molecule has 9 heteroatoms. The van der Waals surface area contributed by atoms with Gasteiger partial charge in [0.25, 0.3) is 0 Å². The van der Waals surface area contributed by atoms with Crippen molar-refractivity contribution in [3.8, 4) is 17.1 Å². The van der Waals surface area contributed by atoms with E-state index in [2.05, 4.69) is 36.6 Å². The number of urea groups is 1. The summed E-state index contributed by atoms with van der Waals surface area (Å²) in [5.74, 6) is 0.956. The van der Waals surface area contributed by atoms with Gasteiger partial charge in [-0.3, -0.25) is 4.90 Å². The van der Waals surface area contributed by atoms with Gasteiger partial charge in [-0.15, -0.1) is 10.2 Å². The molecule has 2 amide bonds. The Hall–Kier alpha value is -2.94. The molecule has 1 aromatic heterocycles. The van der Waals surface area contributed by atoms with E-state index >= 15 is 0 Å². The number of amides is 2. The van der Waals surface area contributed by atoms with E-state index in [1.54, 1.807) is 49.6 Å². The molecule has 3 N–H and O–H groups in total. The van der Waals surface area contributed by atoms with Crippen molar-refractivity contribution in [2.45, 2.75) is 0 Å². The minimum absolute atomic E-state index is 0.348. The normalized spacial score (nSPS) is 10.4. The number of nitrogens with zero attached hydrogens (tertiary/aromatic N) is 4. The van der Waals surface area contributed by atoms with E-state index in [-0.39, 0.29) is 0 Å². The van der Waals surface area contributed by atoms with Gasteiger partial charge < -0.3 is 10.5 Å². The lowest BCUT2D eigenvalue weighted by Crippen LogP contribution is -2.31. The van der Waals surface area contributed by atoms with E-state index in [9.17, 15) is 4.79 Å². The topological polar surface area (TPSA) is 110 Å². The van der Waals surface area contributed by atoms with Gasteiger partial charge in [0.05, 0.1) is 18.5 Å². The molecule has 0 saturated heterocycles. The molecular formula is C15H13BrN6O2. The van der Waals surface area contributed by atoms with Gasteiger partial charge in [0.15, 0.2) is 0 Å². The summed E-state index contributed by atoms with van der Waals surface area (Å²) in [6, 6.07) is 11.7. The zero-order chi connectivity index (χ0) is 17.1. The van der Waals surface area contributed by atoms with Crippen LogP contribution in [0.1, 0.15) is 0 Å². The summed E-state index contributed by atoms with van der Waals surface area (Å²) < 4.78 is 6.02. The molecule has 0 aliphatic rings. The number of tetrazole rings is 1. The number of anilines is 2. The first-order valence-corrected chi connectivity index (χ1v) is 7.66. The molecule has 1 heterocycles. The summed E-state index contributed by atoms with van der Waals surface area (Å²) in [6.07, 6.45) is 0. The molecule has 0 fully saturated rings. The first kappa shape index (κ1) is 15.9. The van der Waals surface area contributed by atoms with Gasteiger partial charge in [-0.1, -0.05) is 22.0 Å². The molecule has 0 aliphatic heterocycles. The third kappa shape index (κ3) is 3.06. The van der Waals surface area contributed by atoms with Crippen molar-refractivity contribution < 1.29 is 9.53 Å². The Morgan fingerprint density at radius 2 is 2.12 bits per heavy atom. The maximum atomic E-state index is 12.1. The Morgan fingerprint density at radius 1 is 1.29 bits per heavy atom. The van der Waals surface area contributed by atoms with Crippen molar-refractivity contribution in [1.29, 1.82) is 0 Å². The zero-order valence-electron chi connectivity index (χ0n) is 12.6. The van der Waals surface area contributed by atoms with Crippen LogP contribution in [0.25, 0.3) is 11.4 Å². The smallest absolute Gasteiger partial charge is 0.323 e. The summed E-state index contributed by atoms with van der Waals surface area (Å²) >= 11 is 3.41. The van der Waals surface area contributed by atoms with Crippen LogP contribution in [0.4, 0.5) is 16.2 Å². The van der Waals surface area contributed by atoms with Gasteiger partial charge in [0.2, 0.25) is 5.82 Å². The molecule has 0 bridgehead atoms. The predicted octanol–water partition coefficient (Wildman–Crippen LogP) is 2.85. The van der Waals surface area contributed by atoms with Crippen LogP contribution in [0, 0.1) is 0 Å². The summed E-state index contributed by atoms with van der Waals surface area (Å²) in [7, 11) is 1.55. The van der Waals surface area contributed by atoms with E-state index in [1.807, 2.05) is 0 Å². The van der Waals surface area contributed by atoms with Crippen LogP contribution < -0.4 is 15.4 Å². The highest BCUT2D eigenvalue weighted by atomic mass is 79.9. The van der Waals surface area contributed by atoms with E-state index in [0.29, 0.717) is 28.5 Å². The number of aromatic nitrogens is 4. The van der Waals surface area contributed by atoms with Gasteiger partial charge in [-0.2, -0.15) is 5.21 Å². The van der Waals surface area contributed by atoms with Gasteiger partial charge in [0, 0.05) is 16.1 Å². The fourth-order valence-electron chi connectivity index (χ4n) is 2.29. The number of halogens is 1. The van der Waals surface area contributed by atoms with Crippen LogP contribution in [-0.4, -0.2) is 33.8 Å². The molecule has 3 rings (SSSR count). The van der Waals surface area contributed by atoms with Crippen molar-refractivity contribution in [1.82, 2.24) is 20.6 Å². The quantitative estimate of drug-likeness (QED) is 0.713. The van der Waals surface area contributed by atoms with Crippen molar-refractivity contribution in [2.75, 3.05) is 12.0 Å². The summed E-state index contributed by atoms with van der Waals surface area (Å²) in [5.41, 5.74) is 7.31. The number of carbonyl (C=O) groups is 1. The van der Waals surface area contributed by atoms with Crippen LogP contribution in [0.5, 0.6) is 5.75 Å². The molecule has 0 saturated carbocycles. The summed E-state index contributed by atoms with van der Waals surface area (Å²) in [5, 5.41) is 13.9. The minimum atomic E-state index is -0.643. The average molecular weight is 389 g/mol. The second kappa shape index (κ2) is 6.67.